The van der Waals surface area contributed by atoms with Gasteiger partial charge in [0.15, 0.2) is 9.84 Å². The van der Waals surface area contributed by atoms with Gasteiger partial charge < -0.3 is 4.90 Å². The van der Waals surface area contributed by atoms with E-state index in [9.17, 15) is 13.2 Å². The Bertz CT molecular complexity index is 554. The first-order valence-corrected chi connectivity index (χ1v) is 8.77. The van der Waals surface area contributed by atoms with Crippen LogP contribution in [0.4, 0.5) is 0 Å². The average molecular weight is 295 g/mol. The highest BCUT2D eigenvalue weighted by Gasteiger charge is 2.27. The molecule has 0 bridgehead atoms. The molecule has 0 radical (unpaired) electrons. The average Bonchev–Trinajstić information content (AvgIpc) is 2.38. The fraction of sp³-hybridized carbons (Fsp3) is 0.533. The molecule has 1 unspecified atom stereocenters. The SMILES string of the molecule is CN(Cc1ccccc1)C(=O)CC1CCCS(=O)(=O)C1. The van der Waals surface area contributed by atoms with Gasteiger partial charge in [-0.1, -0.05) is 30.3 Å². The lowest BCUT2D eigenvalue weighted by atomic mass is 10.0. The maximum atomic E-state index is 12.2. The van der Waals surface area contributed by atoms with Crippen LogP contribution in [0.15, 0.2) is 30.3 Å². The molecule has 1 atom stereocenters. The van der Waals surface area contributed by atoms with Crippen LogP contribution in [0.25, 0.3) is 0 Å². The largest absolute Gasteiger partial charge is 0.341 e. The Morgan fingerprint density at radius 3 is 2.65 bits per heavy atom. The highest BCUT2D eigenvalue weighted by molar-refractivity contribution is 7.91. The Morgan fingerprint density at radius 2 is 2.00 bits per heavy atom. The number of carbonyl (C=O) groups excluding carboxylic acids is 1. The van der Waals surface area contributed by atoms with Gasteiger partial charge in [0.2, 0.25) is 5.91 Å². The number of sulfone groups is 1. The molecule has 1 saturated heterocycles. The normalized spacial score (nSPS) is 21.4. The first kappa shape index (κ1) is 15.0. The zero-order valence-corrected chi connectivity index (χ0v) is 12.6. The van der Waals surface area contributed by atoms with Gasteiger partial charge in [-0.15, -0.1) is 0 Å². The van der Waals surface area contributed by atoms with Gasteiger partial charge in [-0.05, 0) is 24.3 Å². The molecule has 110 valence electrons. The van der Waals surface area contributed by atoms with Crippen LogP contribution in [-0.2, 0) is 21.2 Å². The molecule has 0 aromatic heterocycles. The summed E-state index contributed by atoms with van der Waals surface area (Å²) in [5, 5.41) is 0. The van der Waals surface area contributed by atoms with Crippen molar-refractivity contribution >= 4 is 15.7 Å². The van der Waals surface area contributed by atoms with Crippen molar-refractivity contribution in [2.45, 2.75) is 25.8 Å². The lowest BCUT2D eigenvalue weighted by Gasteiger charge is -2.24. The van der Waals surface area contributed by atoms with E-state index in [-0.39, 0.29) is 23.3 Å². The summed E-state index contributed by atoms with van der Waals surface area (Å²) < 4.78 is 23.2. The first-order valence-electron chi connectivity index (χ1n) is 6.94. The van der Waals surface area contributed by atoms with Crippen LogP contribution >= 0.6 is 0 Å². The Morgan fingerprint density at radius 1 is 1.30 bits per heavy atom. The van der Waals surface area contributed by atoms with E-state index in [0.717, 1.165) is 12.0 Å². The molecule has 5 heteroatoms. The van der Waals surface area contributed by atoms with Gasteiger partial charge in [0.25, 0.3) is 0 Å². The molecule has 0 N–H and O–H groups in total. The molecule has 2 rings (SSSR count). The van der Waals surface area contributed by atoms with Crippen molar-refractivity contribution in [1.29, 1.82) is 0 Å². The standard InChI is InChI=1S/C15H21NO3S/c1-16(11-13-6-3-2-4-7-13)15(17)10-14-8-5-9-20(18,19)12-14/h2-4,6-7,14H,5,8-12H2,1H3. The summed E-state index contributed by atoms with van der Waals surface area (Å²) in [4.78, 5) is 13.8. The summed E-state index contributed by atoms with van der Waals surface area (Å²) >= 11 is 0. The van der Waals surface area contributed by atoms with Crippen molar-refractivity contribution in [3.05, 3.63) is 35.9 Å². The van der Waals surface area contributed by atoms with Crippen molar-refractivity contribution in [2.24, 2.45) is 5.92 Å². The van der Waals surface area contributed by atoms with Crippen LogP contribution in [-0.4, -0.2) is 37.8 Å². The molecule has 1 heterocycles. The van der Waals surface area contributed by atoms with Gasteiger partial charge in [-0.25, -0.2) is 8.42 Å². The number of hydrogen-bond donors (Lipinski definition) is 0. The van der Waals surface area contributed by atoms with Gasteiger partial charge in [-0.3, -0.25) is 4.79 Å². The minimum Gasteiger partial charge on any atom is -0.341 e. The third-order valence-corrected chi connectivity index (χ3v) is 5.60. The van der Waals surface area contributed by atoms with Crippen LogP contribution in [0.3, 0.4) is 0 Å². The fourth-order valence-electron chi connectivity index (χ4n) is 2.63. The van der Waals surface area contributed by atoms with Gasteiger partial charge in [0.1, 0.15) is 0 Å². The van der Waals surface area contributed by atoms with Crippen LogP contribution in [0, 0.1) is 5.92 Å². The highest BCUT2D eigenvalue weighted by atomic mass is 32.2. The summed E-state index contributed by atoms with van der Waals surface area (Å²) in [6.45, 7) is 0.569. The molecule has 1 aromatic carbocycles. The minimum atomic E-state index is -2.93. The van der Waals surface area contributed by atoms with E-state index in [1.807, 2.05) is 30.3 Å². The van der Waals surface area contributed by atoms with E-state index < -0.39 is 9.84 Å². The second-order valence-corrected chi connectivity index (χ2v) is 7.79. The summed E-state index contributed by atoms with van der Waals surface area (Å²) in [6.07, 6.45) is 1.86. The molecule has 1 aromatic rings. The molecule has 20 heavy (non-hydrogen) atoms. The number of benzene rings is 1. The molecule has 1 fully saturated rings. The highest BCUT2D eigenvalue weighted by Crippen LogP contribution is 2.22. The van der Waals surface area contributed by atoms with Crippen molar-refractivity contribution in [1.82, 2.24) is 4.90 Å². The van der Waals surface area contributed by atoms with Crippen molar-refractivity contribution in [3.8, 4) is 0 Å². The quantitative estimate of drug-likeness (QED) is 0.852. The zero-order valence-electron chi connectivity index (χ0n) is 11.8. The van der Waals surface area contributed by atoms with Crippen molar-refractivity contribution in [3.63, 3.8) is 0 Å². The first-order chi connectivity index (χ1) is 9.46. The topological polar surface area (TPSA) is 54.5 Å². The summed E-state index contributed by atoms with van der Waals surface area (Å²) in [6, 6.07) is 9.80. The molecule has 1 amide bonds. The number of amides is 1. The van der Waals surface area contributed by atoms with Crippen LogP contribution < -0.4 is 0 Å². The Kier molecular flexibility index (Phi) is 4.81. The lowest BCUT2D eigenvalue weighted by molar-refractivity contribution is -0.131. The second-order valence-electron chi connectivity index (χ2n) is 5.56. The molecular weight excluding hydrogens is 274 g/mol. The second kappa shape index (κ2) is 6.39. The third-order valence-electron chi connectivity index (χ3n) is 3.71. The lowest BCUT2D eigenvalue weighted by Crippen LogP contribution is -2.32. The Hall–Kier alpha value is -1.36. The molecule has 0 spiro atoms. The third kappa shape index (κ3) is 4.34. The smallest absolute Gasteiger partial charge is 0.222 e. The number of carbonyl (C=O) groups is 1. The zero-order chi connectivity index (χ0) is 14.6. The van der Waals surface area contributed by atoms with Crippen molar-refractivity contribution in [2.75, 3.05) is 18.6 Å². The molecule has 0 aliphatic carbocycles. The Labute approximate surface area is 120 Å². The van der Waals surface area contributed by atoms with E-state index in [0.29, 0.717) is 19.4 Å². The fourth-order valence-corrected chi connectivity index (χ4v) is 4.40. The predicted octanol–water partition coefficient (Wildman–Crippen LogP) is 1.86. The van der Waals surface area contributed by atoms with Gasteiger partial charge >= 0.3 is 0 Å². The molecule has 0 saturated carbocycles. The van der Waals surface area contributed by atoms with Gasteiger partial charge in [-0.2, -0.15) is 0 Å². The molecule has 1 aliphatic heterocycles. The monoisotopic (exact) mass is 295 g/mol. The predicted molar refractivity (Wildman–Crippen MR) is 78.9 cm³/mol. The maximum Gasteiger partial charge on any atom is 0.222 e. The number of rotatable bonds is 4. The van der Waals surface area contributed by atoms with Crippen LogP contribution in [0.5, 0.6) is 0 Å². The summed E-state index contributed by atoms with van der Waals surface area (Å²) in [5.74, 6) is 0.450. The van der Waals surface area contributed by atoms with E-state index in [1.54, 1.807) is 11.9 Å². The van der Waals surface area contributed by atoms with E-state index in [1.165, 1.54) is 0 Å². The Balaban J connectivity index is 1.88. The van der Waals surface area contributed by atoms with Gasteiger partial charge in [0.05, 0.1) is 11.5 Å². The van der Waals surface area contributed by atoms with Crippen molar-refractivity contribution < 1.29 is 13.2 Å². The summed E-state index contributed by atoms with van der Waals surface area (Å²) in [7, 11) is -1.16. The molecule has 1 aliphatic rings. The van der Waals surface area contributed by atoms with E-state index in [2.05, 4.69) is 0 Å². The van der Waals surface area contributed by atoms with Gasteiger partial charge in [0, 0.05) is 20.0 Å². The molecule has 4 nitrogen and oxygen atoms in total. The minimum absolute atomic E-state index is 0.0144. The maximum absolute atomic E-state index is 12.2. The summed E-state index contributed by atoms with van der Waals surface area (Å²) in [5.41, 5.74) is 1.08. The van der Waals surface area contributed by atoms with Crippen LogP contribution in [0.1, 0.15) is 24.8 Å². The number of nitrogens with zero attached hydrogens (tertiary/aromatic N) is 1. The van der Waals surface area contributed by atoms with E-state index >= 15 is 0 Å². The van der Waals surface area contributed by atoms with E-state index in [4.69, 9.17) is 0 Å². The number of hydrogen-bond acceptors (Lipinski definition) is 3. The molecular formula is C15H21NO3S. The van der Waals surface area contributed by atoms with Crippen LogP contribution in [0.2, 0.25) is 0 Å².